The zero-order valence-electron chi connectivity index (χ0n) is 11.5. The fourth-order valence-electron chi connectivity index (χ4n) is 2.04. The number of aliphatic hydroxyl groups is 2. The van der Waals surface area contributed by atoms with E-state index in [0.717, 1.165) is 12.7 Å². The summed E-state index contributed by atoms with van der Waals surface area (Å²) in [6.07, 6.45) is 1.71. The molecule has 0 saturated heterocycles. The first-order chi connectivity index (χ1) is 9.86. The topological polar surface area (TPSA) is 99.5 Å². The second kappa shape index (κ2) is 6.37. The van der Waals surface area contributed by atoms with Crippen LogP contribution in [-0.4, -0.2) is 45.7 Å². The summed E-state index contributed by atoms with van der Waals surface area (Å²) in [7, 11) is -3.17. The van der Waals surface area contributed by atoms with Gasteiger partial charge >= 0.3 is 7.82 Å². The molecule has 0 bridgehead atoms. The first-order valence-corrected chi connectivity index (χ1v) is 7.79. The van der Waals surface area contributed by atoms with Crippen molar-refractivity contribution in [1.82, 2.24) is 4.90 Å². The summed E-state index contributed by atoms with van der Waals surface area (Å²) < 4.78 is 20.3. The molecule has 21 heavy (non-hydrogen) atoms. The molecule has 1 aliphatic rings. The molecule has 3 unspecified atom stereocenters. The summed E-state index contributed by atoms with van der Waals surface area (Å²) >= 11 is 0. The zero-order chi connectivity index (χ0) is 15.5. The Labute approximate surface area is 122 Å². The molecule has 116 valence electrons. The zero-order valence-corrected chi connectivity index (χ0v) is 12.4. The van der Waals surface area contributed by atoms with Crippen LogP contribution in [0.1, 0.15) is 5.56 Å². The largest absolute Gasteiger partial charge is 0.472 e. The van der Waals surface area contributed by atoms with Gasteiger partial charge in [-0.3, -0.25) is 9.05 Å². The van der Waals surface area contributed by atoms with Gasteiger partial charge in [0.05, 0.1) is 0 Å². The molecule has 1 aromatic carbocycles. The lowest BCUT2D eigenvalue weighted by atomic mass is 10.1. The number of phosphoric ester groups is 1. The Morgan fingerprint density at radius 1 is 1.38 bits per heavy atom. The molecule has 3 atom stereocenters. The molecule has 0 amide bonds. The van der Waals surface area contributed by atoms with Gasteiger partial charge in [-0.1, -0.05) is 30.3 Å². The van der Waals surface area contributed by atoms with Gasteiger partial charge in [0.25, 0.3) is 0 Å². The lowest BCUT2D eigenvalue weighted by molar-refractivity contribution is -0.142. The number of benzene rings is 1. The van der Waals surface area contributed by atoms with E-state index < -0.39 is 26.4 Å². The number of nitrogens with zero attached hydrogens (tertiary/aromatic N) is 1. The average molecular weight is 315 g/mol. The lowest BCUT2D eigenvalue weighted by Crippen LogP contribution is -2.50. The maximum absolute atomic E-state index is 11.3. The molecule has 2 rings (SSSR count). The molecular weight excluding hydrogens is 297 g/mol. The van der Waals surface area contributed by atoms with Crippen molar-refractivity contribution in [3.05, 3.63) is 48.0 Å². The van der Waals surface area contributed by atoms with E-state index in [1.165, 1.54) is 17.1 Å². The van der Waals surface area contributed by atoms with E-state index >= 15 is 0 Å². The van der Waals surface area contributed by atoms with Crippen molar-refractivity contribution in [1.29, 1.82) is 0 Å². The van der Waals surface area contributed by atoms with Gasteiger partial charge in [0, 0.05) is 13.7 Å². The minimum atomic E-state index is -4.20. The summed E-state index contributed by atoms with van der Waals surface area (Å²) in [4.78, 5) is 10.6. The fraction of sp³-hybridized carbons (Fsp3) is 0.385. The molecule has 0 aromatic heterocycles. The molecule has 0 fully saturated rings. The summed E-state index contributed by atoms with van der Waals surface area (Å²) in [6, 6.07) is 9.23. The Kier molecular flexibility index (Phi) is 4.95. The summed E-state index contributed by atoms with van der Waals surface area (Å²) in [5.41, 5.74) is -0.816. The van der Waals surface area contributed by atoms with Crippen LogP contribution in [0.25, 0.3) is 0 Å². The molecule has 1 aliphatic heterocycles. The second-order valence-corrected chi connectivity index (χ2v) is 6.25. The molecule has 8 heteroatoms. The monoisotopic (exact) mass is 315 g/mol. The highest BCUT2D eigenvalue weighted by Crippen LogP contribution is 2.43. The summed E-state index contributed by atoms with van der Waals surface area (Å²) in [5, 5.41) is 20.4. The summed E-state index contributed by atoms with van der Waals surface area (Å²) in [6.45, 7) is -0.257. The predicted molar refractivity (Wildman–Crippen MR) is 74.9 cm³/mol. The molecule has 0 aliphatic carbocycles. The van der Waals surface area contributed by atoms with Crippen LogP contribution in [0, 0.1) is 0 Å². The highest BCUT2D eigenvalue weighted by Gasteiger charge is 2.42. The quantitative estimate of drug-likeness (QED) is 0.528. The number of rotatable bonds is 6. The van der Waals surface area contributed by atoms with Crippen molar-refractivity contribution < 1.29 is 28.7 Å². The van der Waals surface area contributed by atoms with Crippen LogP contribution in [0.15, 0.2) is 42.5 Å². The summed E-state index contributed by atoms with van der Waals surface area (Å²) in [5.74, 6) is 0. The molecule has 3 N–H and O–H groups in total. The van der Waals surface area contributed by atoms with Gasteiger partial charge in [-0.05, 0) is 17.7 Å². The van der Waals surface area contributed by atoms with Crippen molar-refractivity contribution in [2.45, 2.75) is 18.5 Å². The molecule has 0 radical (unpaired) electrons. The van der Waals surface area contributed by atoms with E-state index in [2.05, 4.69) is 4.52 Å². The van der Waals surface area contributed by atoms with Crippen molar-refractivity contribution in [2.24, 2.45) is 0 Å². The van der Waals surface area contributed by atoms with E-state index in [1.54, 1.807) is 0 Å². The molecule has 1 heterocycles. The lowest BCUT2D eigenvalue weighted by Gasteiger charge is -2.35. The van der Waals surface area contributed by atoms with Gasteiger partial charge in [0.15, 0.2) is 5.72 Å². The maximum Gasteiger partial charge on any atom is 0.472 e. The van der Waals surface area contributed by atoms with Crippen LogP contribution in [0.3, 0.4) is 0 Å². The highest BCUT2D eigenvalue weighted by atomic mass is 31.2. The molecule has 0 spiro atoms. The van der Waals surface area contributed by atoms with E-state index in [4.69, 9.17) is 4.52 Å². The number of aliphatic hydroxyl groups excluding tert-OH is 1. The van der Waals surface area contributed by atoms with Crippen LogP contribution in [0.4, 0.5) is 0 Å². The minimum absolute atomic E-state index is 0.248. The molecule has 7 nitrogen and oxygen atoms in total. The highest BCUT2D eigenvalue weighted by molar-refractivity contribution is 7.47. The number of hydrogen-bond donors (Lipinski definition) is 3. The maximum atomic E-state index is 11.3. The number of phosphoric acid groups is 1. The van der Waals surface area contributed by atoms with Crippen LogP contribution >= 0.6 is 7.82 Å². The third-order valence-electron chi connectivity index (χ3n) is 3.22. The first kappa shape index (κ1) is 16.3. The van der Waals surface area contributed by atoms with Crippen LogP contribution in [0.2, 0.25) is 0 Å². The van der Waals surface area contributed by atoms with E-state index in [1.807, 2.05) is 30.3 Å². The van der Waals surface area contributed by atoms with Gasteiger partial charge in [-0.25, -0.2) is 9.46 Å². The Morgan fingerprint density at radius 2 is 2.05 bits per heavy atom. The molecule has 1 aromatic rings. The van der Waals surface area contributed by atoms with Crippen molar-refractivity contribution in [2.75, 3.05) is 13.7 Å². The van der Waals surface area contributed by atoms with Gasteiger partial charge in [-0.2, -0.15) is 0 Å². The Bertz CT molecular complexity index is 551. The van der Waals surface area contributed by atoms with Gasteiger partial charge < -0.3 is 15.1 Å². The van der Waals surface area contributed by atoms with Gasteiger partial charge in [0.1, 0.15) is 12.8 Å². The van der Waals surface area contributed by atoms with Gasteiger partial charge in [-0.15, -0.1) is 0 Å². The smallest absolute Gasteiger partial charge is 0.375 e. The normalized spacial score (nSPS) is 28.7. The minimum Gasteiger partial charge on any atom is -0.375 e. The van der Waals surface area contributed by atoms with E-state index in [-0.39, 0.29) is 6.54 Å². The van der Waals surface area contributed by atoms with Gasteiger partial charge in [0.2, 0.25) is 0 Å². The SMILES string of the molecule is COP(=O)(O)OCC1(O)C=CC(O)N1Cc1ccccc1. The predicted octanol–water partition coefficient (Wildman–Crippen LogP) is 0.829. The van der Waals surface area contributed by atoms with Crippen LogP contribution < -0.4 is 0 Å². The Hall–Kier alpha value is -1.05. The third kappa shape index (κ3) is 3.99. The van der Waals surface area contributed by atoms with E-state index in [9.17, 15) is 19.7 Å². The van der Waals surface area contributed by atoms with E-state index in [0.29, 0.717) is 0 Å². The molecular formula is C13H18NO6P. The van der Waals surface area contributed by atoms with Crippen LogP contribution in [-0.2, 0) is 20.2 Å². The first-order valence-electron chi connectivity index (χ1n) is 6.30. The Morgan fingerprint density at radius 3 is 2.67 bits per heavy atom. The third-order valence-corrected chi connectivity index (χ3v) is 4.14. The standard InChI is InChI=1S/C13H18NO6P/c1-19-21(17,18)20-10-13(16)8-7-12(15)14(13)9-11-5-3-2-4-6-11/h2-8,12,15-16H,9-10H2,1H3,(H,17,18). The second-order valence-electron chi connectivity index (χ2n) is 4.69. The fourth-order valence-corrected chi connectivity index (χ4v) is 2.50. The number of hydrogen-bond acceptors (Lipinski definition) is 6. The van der Waals surface area contributed by atoms with Crippen molar-refractivity contribution in [3.63, 3.8) is 0 Å². The average Bonchev–Trinajstić information content (AvgIpc) is 2.76. The van der Waals surface area contributed by atoms with Crippen LogP contribution in [0.5, 0.6) is 0 Å². The van der Waals surface area contributed by atoms with Crippen molar-refractivity contribution in [3.8, 4) is 0 Å². The van der Waals surface area contributed by atoms with Crippen molar-refractivity contribution >= 4 is 7.82 Å². The Balaban J connectivity index is 2.09. The molecule has 0 saturated carbocycles.